The van der Waals surface area contributed by atoms with Gasteiger partial charge in [0, 0.05) is 22.1 Å². The first-order chi connectivity index (χ1) is 10.5. The van der Waals surface area contributed by atoms with Crippen LogP contribution in [0.15, 0.2) is 46.9 Å². The molecule has 5 heteroatoms. The molecule has 0 atom stereocenters. The Hall–Kier alpha value is -2.01. The molecule has 0 aromatic heterocycles. The number of benzene rings is 2. The Morgan fingerprint density at radius 3 is 2.59 bits per heavy atom. The largest absolute Gasteiger partial charge is 0.304 e. The number of rotatable bonds is 3. The quantitative estimate of drug-likeness (QED) is 0.780. The van der Waals surface area contributed by atoms with Gasteiger partial charge < -0.3 is 4.90 Å². The molecule has 2 aromatic carbocycles. The summed E-state index contributed by atoms with van der Waals surface area (Å²) in [5.41, 5.74) is 2.22. The number of nitrogens with zero attached hydrogens (tertiary/aromatic N) is 1. The maximum absolute atomic E-state index is 12.9. The zero-order valence-corrected chi connectivity index (χ0v) is 13.3. The van der Waals surface area contributed by atoms with Gasteiger partial charge in [0.2, 0.25) is 5.91 Å². The number of anilines is 1. The van der Waals surface area contributed by atoms with Crippen LogP contribution in [0.1, 0.15) is 22.3 Å². The Kier molecular flexibility index (Phi) is 4.07. The Morgan fingerprint density at radius 1 is 1.14 bits per heavy atom. The molecule has 112 valence electrons. The molecule has 22 heavy (non-hydrogen) atoms. The Bertz CT molecular complexity index is 743. The van der Waals surface area contributed by atoms with E-state index in [1.165, 1.54) is 29.2 Å². The highest BCUT2D eigenvalue weighted by Gasteiger charge is 2.26. The number of hydrogen-bond donors (Lipinski definition) is 0. The Morgan fingerprint density at radius 2 is 1.86 bits per heavy atom. The van der Waals surface area contributed by atoms with Crippen molar-refractivity contribution in [2.24, 2.45) is 0 Å². The summed E-state index contributed by atoms with van der Waals surface area (Å²) < 4.78 is 13.9. The first kappa shape index (κ1) is 14.9. The minimum atomic E-state index is -0.388. The van der Waals surface area contributed by atoms with Crippen molar-refractivity contribution in [3.63, 3.8) is 0 Å². The maximum atomic E-state index is 12.9. The monoisotopic (exact) mass is 361 g/mol. The number of carbonyl (C=O) groups excluding carboxylic acids is 2. The lowest BCUT2D eigenvalue weighted by atomic mass is 10.0. The molecule has 0 bridgehead atoms. The SMILES string of the molecule is O=C(CN1C(=O)CCc2cc(Br)ccc21)c1ccc(F)cc1. The first-order valence-corrected chi connectivity index (χ1v) is 7.71. The number of ketones is 1. The lowest BCUT2D eigenvalue weighted by Gasteiger charge is -2.29. The molecule has 0 radical (unpaired) electrons. The van der Waals surface area contributed by atoms with E-state index in [-0.39, 0.29) is 24.1 Å². The van der Waals surface area contributed by atoms with Gasteiger partial charge in [0.15, 0.2) is 5.78 Å². The molecule has 1 aliphatic heterocycles. The number of halogens is 2. The van der Waals surface area contributed by atoms with Crippen LogP contribution in [0, 0.1) is 5.82 Å². The molecule has 1 aliphatic rings. The lowest BCUT2D eigenvalue weighted by Crippen LogP contribution is -2.39. The Labute approximate surface area is 135 Å². The summed E-state index contributed by atoms with van der Waals surface area (Å²) in [6.07, 6.45) is 1.06. The van der Waals surface area contributed by atoms with E-state index in [1.807, 2.05) is 18.2 Å². The van der Waals surface area contributed by atoms with E-state index in [2.05, 4.69) is 15.9 Å². The second-order valence-electron chi connectivity index (χ2n) is 5.18. The Balaban J connectivity index is 1.87. The van der Waals surface area contributed by atoms with Crippen LogP contribution in [0.25, 0.3) is 0 Å². The normalized spacial score (nSPS) is 13.9. The van der Waals surface area contributed by atoms with Gasteiger partial charge in [0.05, 0.1) is 6.54 Å². The second kappa shape index (κ2) is 6.01. The molecular formula is C17H13BrFNO2. The fourth-order valence-electron chi connectivity index (χ4n) is 2.57. The summed E-state index contributed by atoms with van der Waals surface area (Å²) in [5.74, 6) is -0.657. The van der Waals surface area contributed by atoms with Crippen LogP contribution in [0.5, 0.6) is 0 Å². The minimum absolute atomic E-state index is 0.0287. The van der Waals surface area contributed by atoms with Crippen molar-refractivity contribution in [2.75, 3.05) is 11.4 Å². The van der Waals surface area contributed by atoms with E-state index in [0.717, 1.165) is 15.7 Å². The van der Waals surface area contributed by atoms with Gasteiger partial charge in [-0.3, -0.25) is 9.59 Å². The van der Waals surface area contributed by atoms with Crippen molar-refractivity contribution in [2.45, 2.75) is 12.8 Å². The van der Waals surface area contributed by atoms with Crippen molar-refractivity contribution >= 4 is 33.3 Å². The number of carbonyl (C=O) groups is 2. The van der Waals surface area contributed by atoms with Gasteiger partial charge in [-0.05, 0) is 54.4 Å². The number of hydrogen-bond acceptors (Lipinski definition) is 2. The van der Waals surface area contributed by atoms with Crippen LogP contribution in [-0.4, -0.2) is 18.2 Å². The number of fused-ring (bicyclic) bond motifs is 1. The van der Waals surface area contributed by atoms with E-state index in [9.17, 15) is 14.0 Å². The standard InChI is InChI=1S/C17H13BrFNO2/c18-13-4-7-15-12(9-13)3-8-17(22)20(15)10-16(21)11-1-5-14(19)6-2-11/h1-2,4-7,9H,3,8,10H2. The summed E-state index contributed by atoms with van der Waals surface area (Å²) in [5, 5.41) is 0. The third-order valence-electron chi connectivity index (χ3n) is 3.71. The molecular weight excluding hydrogens is 349 g/mol. The fourth-order valence-corrected chi connectivity index (χ4v) is 2.98. The summed E-state index contributed by atoms with van der Waals surface area (Å²) in [4.78, 5) is 26.0. The molecule has 3 nitrogen and oxygen atoms in total. The molecule has 3 rings (SSSR count). The van der Waals surface area contributed by atoms with Gasteiger partial charge >= 0.3 is 0 Å². The number of amides is 1. The van der Waals surface area contributed by atoms with E-state index < -0.39 is 0 Å². The molecule has 1 heterocycles. The fraction of sp³-hybridized carbons (Fsp3) is 0.176. The van der Waals surface area contributed by atoms with E-state index >= 15 is 0 Å². The summed E-state index contributed by atoms with van der Waals surface area (Å²) in [6, 6.07) is 11.0. The molecule has 0 unspecified atom stereocenters. The highest BCUT2D eigenvalue weighted by atomic mass is 79.9. The van der Waals surface area contributed by atoms with Crippen molar-refractivity contribution in [3.05, 3.63) is 63.9 Å². The zero-order chi connectivity index (χ0) is 15.7. The number of aryl methyl sites for hydroxylation is 1. The molecule has 0 saturated heterocycles. The smallest absolute Gasteiger partial charge is 0.227 e. The summed E-state index contributed by atoms with van der Waals surface area (Å²) in [7, 11) is 0. The highest BCUT2D eigenvalue weighted by Crippen LogP contribution is 2.30. The molecule has 1 amide bonds. The topological polar surface area (TPSA) is 37.4 Å². The van der Waals surface area contributed by atoms with E-state index in [4.69, 9.17) is 0 Å². The van der Waals surface area contributed by atoms with Crippen LogP contribution >= 0.6 is 15.9 Å². The van der Waals surface area contributed by atoms with Crippen LogP contribution in [0.2, 0.25) is 0 Å². The van der Waals surface area contributed by atoms with E-state index in [0.29, 0.717) is 18.4 Å². The van der Waals surface area contributed by atoms with Crippen LogP contribution in [0.3, 0.4) is 0 Å². The van der Waals surface area contributed by atoms with E-state index in [1.54, 1.807) is 0 Å². The van der Waals surface area contributed by atoms with Crippen LogP contribution in [0.4, 0.5) is 10.1 Å². The molecule has 2 aromatic rings. The van der Waals surface area contributed by atoms with Crippen molar-refractivity contribution in [3.8, 4) is 0 Å². The third kappa shape index (κ3) is 2.95. The van der Waals surface area contributed by atoms with Crippen molar-refractivity contribution < 1.29 is 14.0 Å². The molecule has 0 aliphatic carbocycles. The van der Waals surface area contributed by atoms with Gasteiger partial charge in [-0.15, -0.1) is 0 Å². The average molecular weight is 362 g/mol. The molecule has 0 N–H and O–H groups in total. The van der Waals surface area contributed by atoms with Gasteiger partial charge in [0.25, 0.3) is 0 Å². The molecule has 0 spiro atoms. The van der Waals surface area contributed by atoms with Gasteiger partial charge in [-0.1, -0.05) is 15.9 Å². The van der Waals surface area contributed by atoms with Gasteiger partial charge in [0.1, 0.15) is 5.82 Å². The van der Waals surface area contributed by atoms with Gasteiger partial charge in [-0.2, -0.15) is 0 Å². The zero-order valence-electron chi connectivity index (χ0n) is 11.7. The average Bonchev–Trinajstić information content (AvgIpc) is 2.50. The van der Waals surface area contributed by atoms with Gasteiger partial charge in [-0.25, -0.2) is 4.39 Å². The molecule has 0 saturated carbocycles. The second-order valence-corrected chi connectivity index (χ2v) is 6.10. The summed E-state index contributed by atoms with van der Waals surface area (Å²) in [6.45, 7) is -0.0287. The predicted molar refractivity (Wildman–Crippen MR) is 85.5 cm³/mol. The summed E-state index contributed by atoms with van der Waals surface area (Å²) >= 11 is 3.41. The highest BCUT2D eigenvalue weighted by molar-refractivity contribution is 9.10. The minimum Gasteiger partial charge on any atom is -0.304 e. The molecule has 0 fully saturated rings. The number of Topliss-reactive ketones (excluding diaryl/α,β-unsaturated/α-hetero) is 1. The van der Waals surface area contributed by atoms with Crippen LogP contribution in [-0.2, 0) is 11.2 Å². The lowest BCUT2D eigenvalue weighted by molar-refractivity contribution is -0.118. The van der Waals surface area contributed by atoms with Crippen molar-refractivity contribution in [1.29, 1.82) is 0 Å². The third-order valence-corrected chi connectivity index (χ3v) is 4.20. The van der Waals surface area contributed by atoms with Crippen LogP contribution < -0.4 is 4.90 Å². The predicted octanol–water partition coefficient (Wildman–Crippen LogP) is 3.75. The first-order valence-electron chi connectivity index (χ1n) is 6.92. The van der Waals surface area contributed by atoms with Crippen molar-refractivity contribution in [1.82, 2.24) is 0 Å². The maximum Gasteiger partial charge on any atom is 0.227 e.